The van der Waals surface area contributed by atoms with E-state index in [1.165, 1.54) is 0 Å². The minimum atomic E-state index is -1.81. The number of esters is 8. The van der Waals surface area contributed by atoms with Crippen LogP contribution in [0.2, 0.25) is 0 Å². The lowest BCUT2D eigenvalue weighted by Crippen LogP contribution is -2.61. The van der Waals surface area contributed by atoms with Crippen LogP contribution in [0.3, 0.4) is 0 Å². The molecule has 0 radical (unpaired) electrons. The summed E-state index contributed by atoms with van der Waals surface area (Å²) >= 11 is 0.707. The highest BCUT2D eigenvalue weighted by atomic mass is 32.2. The number of hydrogen-bond acceptors (Lipinski definition) is 25. The number of carbonyl (C=O) groups excluding carboxylic acids is 10. The van der Waals surface area contributed by atoms with Crippen LogP contribution in [0, 0.1) is 0 Å². The Morgan fingerprint density at radius 2 is 0.781 bits per heavy atom. The number of thioether (sulfide) groups is 2. The van der Waals surface area contributed by atoms with Gasteiger partial charge in [0, 0.05) is 61.0 Å². The van der Waals surface area contributed by atoms with E-state index in [2.05, 4.69) is 0 Å². The summed E-state index contributed by atoms with van der Waals surface area (Å²) in [6.45, 7) is 7.61. The molecule has 0 saturated carbocycles. The first kappa shape index (κ1) is 50.7. The quantitative estimate of drug-likeness (QED) is 0.103. The molecule has 3 N–H and O–H groups in total. The number of carbonyl (C=O) groups is 10. The Balaban J connectivity index is 2.05. The van der Waals surface area contributed by atoms with Gasteiger partial charge in [-0.15, -0.1) is 0 Å². The Hall–Kier alpha value is -5.92. The van der Waals surface area contributed by atoms with Crippen molar-refractivity contribution in [1.82, 2.24) is 0 Å². The molecule has 23 nitrogen and oxygen atoms in total. The van der Waals surface area contributed by atoms with Gasteiger partial charge in [0.05, 0.1) is 20.9 Å². The summed E-state index contributed by atoms with van der Waals surface area (Å²) < 4.78 is 55.6. The number of aliphatic hydroxyl groups excluding tert-OH is 1. The standard InChI is InChI=1S/C39H44O23S2/c1-12-25(48)23-24(27(50)26(12)49)29(52)37(64-39-35(60-20(9)47)33(58-18(7)45)31(56-16(5)43)22(62-39)11-54-14(3)41)36(28(23)51)63-38-34(59-19(8)46)32(57-17(6)44)30(55-15(4)42)21(61-38)10-53-13(2)40/h21-22,30-35,38-39,48,51-52H,10-11H2,1-9H3/t21-,22-,30-,31-,32+,33+,34-,35-,38+,39+/m1/s1. The molecular formula is C39H44O23S2. The number of aromatic hydroxyl groups is 2. The number of benzene rings is 1. The van der Waals surface area contributed by atoms with Gasteiger partial charge in [-0.05, 0) is 6.92 Å². The van der Waals surface area contributed by atoms with Crippen LogP contribution in [0.5, 0.6) is 11.5 Å². The van der Waals surface area contributed by atoms with Gasteiger partial charge in [-0.25, -0.2) is 0 Å². The van der Waals surface area contributed by atoms with E-state index in [4.69, 9.17) is 47.4 Å². The molecule has 1 aliphatic carbocycles. The second kappa shape index (κ2) is 21.2. The maximum absolute atomic E-state index is 13.6. The van der Waals surface area contributed by atoms with Gasteiger partial charge in [-0.3, -0.25) is 47.9 Å². The Labute approximate surface area is 371 Å². The van der Waals surface area contributed by atoms with Crippen molar-refractivity contribution in [2.45, 2.75) is 132 Å². The highest BCUT2D eigenvalue weighted by Gasteiger charge is 2.55. The first-order valence-electron chi connectivity index (χ1n) is 18.9. The van der Waals surface area contributed by atoms with E-state index in [-0.39, 0.29) is 0 Å². The molecular weight excluding hydrogens is 901 g/mol. The zero-order valence-electron chi connectivity index (χ0n) is 35.5. The first-order chi connectivity index (χ1) is 29.8. The highest BCUT2D eigenvalue weighted by Crippen LogP contribution is 2.55. The maximum atomic E-state index is 13.6. The van der Waals surface area contributed by atoms with Crippen LogP contribution < -0.4 is 0 Å². The Morgan fingerprint density at radius 1 is 0.469 bits per heavy atom. The van der Waals surface area contributed by atoms with Gasteiger partial charge in [0.15, 0.2) is 36.6 Å². The van der Waals surface area contributed by atoms with Crippen LogP contribution in [0.15, 0.2) is 15.4 Å². The van der Waals surface area contributed by atoms with Crippen LogP contribution in [0.25, 0.3) is 5.76 Å². The number of phenolic OH excluding ortho intramolecular Hbond substituents is 2. The molecule has 0 bridgehead atoms. The predicted molar refractivity (Wildman–Crippen MR) is 210 cm³/mol. The van der Waals surface area contributed by atoms with Gasteiger partial charge in [0.25, 0.3) is 0 Å². The van der Waals surface area contributed by atoms with Crippen molar-refractivity contribution in [2.24, 2.45) is 0 Å². The van der Waals surface area contributed by atoms with E-state index in [0.717, 1.165) is 62.3 Å². The molecule has 2 saturated heterocycles. The molecule has 0 aromatic heterocycles. The van der Waals surface area contributed by atoms with Crippen molar-refractivity contribution in [3.63, 3.8) is 0 Å². The molecule has 64 heavy (non-hydrogen) atoms. The third-order valence-corrected chi connectivity index (χ3v) is 11.7. The van der Waals surface area contributed by atoms with Gasteiger partial charge < -0.3 is 62.7 Å². The van der Waals surface area contributed by atoms with Crippen molar-refractivity contribution in [3.05, 3.63) is 16.7 Å². The summed E-state index contributed by atoms with van der Waals surface area (Å²) in [4.78, 5) is 124. The summed E-state index contributed by atoms with van der Waals surface area (Å²) in [6.07, 6.45) is -13.4. The van der Waals surface area contributed by atoms with Crippen molar-refractivity contribution >= 4 is 88.6 Å². The lowest BCUT2D eigenvalue weighted by atomic mass is 9.88. The first-order valence-corrected chi connectivity index (χ1v) is 20.7. The smallest absolute Gasteiger partial charge is 0.303 e. The zero-order chi connectivity index (χ0) is 48.1. The Bertz CT molecular complexity index is 2150. The summed E-state index contributed by atoms with van der Waals surface area (Å²) in [5.74, 6) is -13.4. The number of ketones is 2. The monoisotopic (exact) mass is 944 g/mol. The average molecular weight is 945 g/mol. The summed E-state index contributed by atoms with van der Waals surface area (Å²) in [5.41, 5.74) is -5.75. The molecule has 4 rings (SSSR count). The highest BCUT2D eigenvalue weighted by molar-refractivity contribution is 8.03. The molecule has 350 valence electrons. The van der Waals surface area contributed by atoms with E-state index in [9.17, 15) is 63.3 Å². The Kier molecular flexibility index (Phi) is 16.8. The summed E-state index contributed by atoms with van der Waals surface area (Å²) in [7, 11) is 0. The van der Waals surface area contributed by atoms with Gasteiger partial charge in [0.1, 0.15) is 53.6 Å². The number of phenols is 2. The normalized spacial score (nSPS) is 26.4. The second-order valence-corrected chi connectivity index (χ2v) is 16.3. The molecule has 25 heteroatoms. The SMILES string of the molecule is CC(=O)OC[C@H]1O[C@@H](Sc2c(O)c3c(c(O)c2S[C@@H]2O[C@H](COC(C)=O)[C@@H](OC(C)=O)[C@H](OC(C)=O)[C@H]2OC(C)=O)C(O)=C(C)C(=O)C3=O)[C@H](OC(C)=O)[C@@H](OC(C)=O)[C@@H]1OC(C)=O. The van der Waals surface area contributed by atoms with Crippen molar-refractivity contribution in [1.29, 1.82) is 0 Å². The van der Waals surface area contributed by atoms with Crippen LogP contribution in [-0.2, 0) is 90.5 Å². The molecule has 0 unspecified atom stereocenters. The van der Waals surface area contributed by atoms with Crippen molar-refractivity contribution < 1.29 is 111 Å². The van der Waals surface area contributed by atoms with E-state index >= 15 is 0 Å². The fraction of sp³-hybridized carbons (Fsp3) is 0.538. The fourth-order valence-electron chi connectivity index (χ4n) is 6.73. The molecule has 10 atom stereocenters. The zero-order valence-corrected chi connectivity index (χ0v) is 37.1. The van der Waals surface area contributed by atoms with Crippen molar-refractivity contribution in [3.8, 4) is 11.5 Å². The number of allylic oxidation sites excluding steroid dienone is 1. The minimum Gasteiger partial charge on any atom is -0.507 e. The predicted octanol–water partition coefficient (Wildman–Crippen LogP) is 1.50. The third kappa shape index (κ3) is 11.8. The van der Waals surface area contributed by atoms with Crippen LogP contribution in [0.1, 0.15) is 78.2 Å². The number of aliphatic hydroxyl groups is 1. The van der Waals surface area contributed by atoms with Crippen LogP contribution in [-0.4, -0.2) is 148 Å². The van der Waals surface area contributed by atoms with Gasteiger partial charge in [-0.1, -0.05) is 23.5 Å². The molecule has 1 aromatic carbocycles. The molecule has 3 aliphatic rings. The third-order valence-electron chi connectivity index (χ3n) is 9.09. The van der Waals surface area contributed by atoms with E-state index in [1.54, 1.807) is 0 Å². The average Bonchev–Trinajstić information content (AvgIpc) is 3.17. The van der Waals surface area contributed by atoms with Gasteiger partial charge in [0.2, 0.25) is 11.6 Å². The Morgan fingerprint density at radius 3 is 1.11 bits per heavy atom. The molecule has 2 fully saturated rings. The van der Waals surface area contributed by atoms with Gasteiger partial charge in [-0.2, -0.15) is 0 Å². The van der Waals surface area contributed by atoms with Gasteiger partial charge >= 0.3 is 47.8 Å². The molecule has 0 amide bonds. The lowest BCUT2D eigenvalue weighted by Gasteiger charge is -2.45. The molecule has 0 spiro atoms. The van der Waals surface area contributed by atoms with E-state index in [0.29, 0.717) is 23.5 Å². The van der Waals surface area contributed by atoms with E-state index < -0.39 is 176 Å². The minimum absolute atomic E-state index is 0.338. The molecule has 2 heterocycles. The maximum Gasteiger partial charge on any atom is 0.303 e. The number of rotatable bonds is 14. The summed E-state index contributed by atoms with van der Waals surface area (Å²) in [6, 6.07) is 0. The largest absolute Gasteiger partial charge is 0.507 e. The van der Waals surface area contributed by atoms with Crippen LogP contribution >= 0.6 is 23.5 Å². The van der Waals surface area contributed by atoms with Crippen LogP contribution in [0.4, 0.5) is 0 Å². The van der Waals surface area contributed by atoms with E-state index in [1.807, 2.05) is 0 Å². The topological polar surface area (TPSA) is 324 Å². The summed E-state index contributed by atoms with van der Waals surface area (Å²) in [5, 5.41) is 35.4. The number of fused-ring (bicyclic) bond motifs is 1. The fourth-order valence-corrected chi connectivity index (χ4v) is 9.40. The second-order valence-electron chi connectivity index (χ2n) is 14.1. The number of ether oxygens (including phenoxy) is 10. The number of hydrogen-bond donors (Lipinski definition) is 3. The molecule has 2 aliphatic heterocycles. The number of Topliss-reactive ketones (excluding diaryl/α,β-unsaturated/α-hetero) is 2. The van der Waals surface area contributed by atoms with Crippen molar-refractivity contribution in [2.75, 3.05) is 13.2 Å². The molecule has 1 aromatic rings. The lowest BCUT2D eigenvalue weighted by molar-refractivity contribution is -0.237.